The smallest absolute Gasteiger partial charge is 0.0991 e. The van der Waals surface area contributed by atoms with Crippen LogP contribution < -0.4 is 5.32 Å². The first-order valence-electron chi connectivity index (χ1n) is 10.4. The molecule has 0 amide bonds. The van der Waals surface area contributed by atoms with Crippen LogP contribution in [0, 0.1) is 29.6 Å². The van der Waals surface area contributed by atoms with Gasteiger partial charge in [-0.1, -0.05) is 65.7 Å². The van der Waals surface area contributed by atoms with Gasteiger partial charge in [-0.15, -0.1) is 0 Å². The summed E-state index contributed by atoms with van der Waals surface area (Å²) < 4.78 is 0. The lowest BCUT2D eigenvalue weighted by Crippen LogP contribution is -2.36. The third-order valence-electron chi connectivity index (χ3n) is 5.62. The highest BCUT2D eigenvalue weighted by molar-refractivity contribution is 6.30. The Morgan fingerprint density at radius 3 is 2.32 bits per heavy atom. The Hall–Kier alpha value is -3.11. The van der Waals surface area contributed by atoms with E-state index in [-0.39, 0.29) is 18.0 Å². The molecule has 3 aromatic carbocycles. The lowest BCUT2D eigenvalue weighted by Gasteiger charge is -2.30. The van der Waals surface area contributed by atoms with E-state index in [4.69, 9.17) is 11.6 Å². The van der Waals surface area contributed by atoms with Crippen LogP contribution in [0.15, 0.2) is 72.8 Å². The molecule has 4 heteroatoms. The molecule has 0 saturated heterocycles. The lowest BCUT2D eigenvalue weighted by molar-refractivity contribution is 0.401. The average molecular weight is 428 g/mol. The van der Waals surface area contributed by atoms with Crippen LogP contribution in [-0.4, -0.2) is 6.04 Å². The zero-order valence-corrected chi connectivity index (χ0v) is 18.6. The van der Waals surface area contributed by atoms with E-state index in [1.165, 1.54) is 11.1 Å². The summed E-state index contributed by atoms with van der Waals surface area (Å²) in [6.07, 6.45) is 1.19. The second kappa shape index (κ2) is 10.8. The van der Waals surface area contributed by atoms with Crippen molar-refractivity contribution in [2.24, 2.45) is 0 Å². The molecule has 0 fully saturated rings. The highest BCUT2D eigenvalue weighted by atomic mass is 35.5. The Labute approximate surface area is 189 Å². The molecule has 1 unspecified atom stereocenters. The summed E-state index contributed by atoms with van der Waals surface area (Å²) in [4.78, 5) is 0. The number of rotatable bonds is 8. The molecule has 0 aliphatic heterocycles. The van der Waals surface area contributed by atoms with E-state index in [9.17, 15) is 10.5 Å². The molecule has 1 N–H and O–H groups in total. The molecule has 0 saturated carbocycles. The predicted molar refractivity (Wildman–Crippen MR) is 126 cm³/mol. The second-order valence-electron chi connectivity index (χ2n) is 7.96. The number of nitriles is 2. The highest BCUT2D eigenvalue weighted by Gasteiger charge is 2.24. The van der Waals surface area contributed by atoms with Crippen LogP contribution in [0.25, 0.3) is 0 Å². The largest absolute Gasteiger partial charge is 0.306 e. The number of aryl methyl sites for hydroxylation is 1. The number of benzene rings is 3. The van der Waals surface area contributed by atoms with Gasteiger partial charge < -0.3 is 5.32 Å². The van der Waals surface area contributed by atoms with E-state index in [1.807, 2.05) is 48.5 Å². The van der Waals surface area contributed by atoms with Crippen molar-refractivity contribution in [2.45, 2.75) is 44.7 Å². The van der Waals surface area contributed by atoms with Crippen LogP contribution >= 0.6 is 11.6 Å². The van der Waals surface area contributed by atoms with Crippen molar-refractivity contribution in [1.29, 1.82) is 10.5 Å². The summed E-state index contributed by atoms with van der Waals surface area (Å²) in [5.74, 6) is 0.125. The van der Waals surface area contributed by atoms with Gasteiger partial charge >= 0.3 is 0 Å². The Morgan fingerprint density at radius 1 is 0.935 bits per heavy atom. The molecule has 0 radical (unpaired) electrons. The Morgan fingerprint density at radius 2 is 1.65 bits per heavy atom. The lowest BCUT2D eigenvalue weighted by atomic mass is 9.85. The van der Waals surface area contributed by atoms with Gasteiger partial charge in [-0.25, -0.2) is 0 Å². The van der Waals surface area contributed by atoms with Crippen molar-refractivity contribution in [2.75, 3.05) is 0 Å². The fourth-order valence-electron chi connectivity index (χ4n) is 3.98. The summed E-state index contributed by atoms with van der Waals surface area (Å²) in [5.41, 5.74) is 5.23. The standard InChI is InChI=1S/C27H26ClN3/c1-19-5-3-8-24(15-19)27(13-14-29)31-20(2)26(17-21-9-11-25(28)12-10-21)23-7-4-6-22(16-23)18-30/h3-12,15-16,20,26-27,31H,13,17H2,1-2H3/t20-,26+,27?/m0/s1. The average Bonchev–Trinajstić information content (AvgIpc) is 2.78. The third kappa shape index (κ3) is 6.19. The van der Waals surface area contributed by atoms with Gasteiger partial charge in [-0.05, 0) is 61.2 Å². The molecule has 0 aromatic heterocycles. The van der Waals surface area contributed by atoms with E-state index in [0.29, 0.717) is 17.0 Å². The van der Waals surface area contributed by atoms with Crippen LogP contribution in [-0.2, 0) is 6.42 Å². The molecule has 3 rings (SSSR count). The van der Waals surface area contributed by atoms with Crippen molar-refractivity contribution in [3.8, 4) is 12.1 Å². The maximum Gasteiger partial charge on any atom is 0.0991 e. The molecule has 156 valence electrons. The van der Waals surface area contributed by atoms with E-state index < -0.39 is 0 Å². The molecule has 3 aromatic rings. The Balaban J connectivity index is 1.91. The van der Waals surface area contributed by atoms with Crippen molar-refractivity contribution < 1.29 is 0 Å². The first-order chi connectivity index (χ1) is 15.0. The molecular formula is C27H26ClN3. The highest BCUT2D eigenvalue weighted by Crippen LogP contribution is 2.29. The Bertz CT molecular complexity index is 1090. The predicted octanol–water partition coefficient (Wildman–Crippen LogP) is 6.48. The van der Waals surface area contributed by atoms with Gasteiger partial charge in [-0.3, -0.25) is 0 Å². The van der Waals surface area contributed by atoms with E-state index in [0.717, 1.165) is 17.5 Å². The molecule has 0 aliphatic carbocycles. The Kier molecular flexibility index (Phi) is 7.85. The van der Waals surface area contributed by atoms with Crippen LogP contribution in [0.2, 0.25) is 5.02 Å². The van der Waals surface area contributed by atoms with E-state index >= 15 is 0 Å². The molecule has 3 atom stereocenters. The van der Waals surface area contributed by atoms with Gasteiger partial charge in [-0.2, -0.15) is 10.5 Å². The maximum atomic E-state index is 9.43. The fraction of sp³-hybridized carbons (Fsp3) is 0.259. The first-order valence-corrected chi connectivity index (χ1v) is 10.8. The minimum atomic E-state index is -0.0632. The number of halogens is 1. The van der Waals surface area contributed by atoms with Crippen molar-refractivity contribution in [3.05, 3.63) is 106 Å². The van der Waals surface area contributed by atoms with Gasteiger partial charge in [0, 0.05) is 23.0 Å². The van der Waals surface area contributed by atoms with Crippen molar-refractivity contribution in [1.82, 2.24) is 5.32 Å². The van der Waals surface area contributed by atoms with Crippen molar-refractivity contribution in [3.63, 3.8) is 0 Å². The van der Waals surface area contributed by atoms with Crippen LogP contribution in [0.5, 0.6) is 0 Å². The third-order valence-corrected chi connectivity index (χ3v) is 5.87. The summed E-state index contributed by atoms with van der Waals surface area (Å²) in [7, 11) is 0. The minimum absolute atomic E-state index is 0.0632. The molecular weight excluding hydrogens is 402 g/mol. The molecule has 0 heterocycles. The van der Waals surface area contributed by atoms with E-state index in [2.05, 4.69) is 55.6 Å². The molecule has 0 bridgehead atoms. The number of hydrogen-bond acceptors (Lipinski definition) is 3. The number of nitrogens with zero attached hydrogens (tertiary/aromatic N) is 2. The van der Waals surface area contributed by atoms with Gasteiger partial charge in [0.2, 0.25) is 0 Å². The molecule has 0 aliphatic rings. The second-order valence-corrected chi connectivity index (χ2v) is 8.40. The number of nitrogens with one attached hydrogen (secondary N) is 1. The van der Waals surface area contributed by atoms with Crippen LogP contribution in [0.4, 0.5) is 0 Å². The first kappa shape index (κ1) is 22.6. The zero-order chi connectivity index (χ0) is 22.2. The zero-order valence-electron chi connectivity index (χ0n) is 17.8. The normalized spacial score (nSPS) is 13.6. The monoisotopic (exact) mass is 427 g/mol. The number of hydrogen-bond donors (Lipinski definition) is 1. The topological polar surface area (TPSA) is 59.6 Å². The molecule has 0 spiro atoms. The summed E-state index contributed by atoms with van der Waals surface area (Å²) in [6.45, 7) is 4.22. The van der Waals surface area contributed by atoms with E-state index in [1.54, 1.807) is 0 Å². The fourth-order valence-corrected chi connectivity index (χ4v) is 4.11. The van der Waals surface area contributed by atoms with Crippen LogP contribution in [0.3, 0.4) is 0 Å². The van der Waals surface area contributed by atoms with Gasteiger partial charge in [0.15, 0.2) is 0 Å². The summed E-state index contributed by atoms with van der Waals surface area (Å²) >= 11 is 6.07. The maximum absolute atomic E-state index is 9.43. The van der Waals surface area contributed by atoms with Gasteiger partial charge in [0.05, 0.1) is 24.1 Å². The quantitative estimate of drug-likeness (QED) is 0.447. The van der Waals surface area contributed by atoms with Crippen molar-refractivity contribution >= 4 is 11.6 Å². The summed E-state index contributed by atoms with van der Waals surface area (Å²) in [5, 5.41) is 23.2. The minimum Gasteiger partial charge on any atom is -0.306 e. The molecule has 31 heavy (non-hydrogen) atoms. The SMILES string of the molecule is Cc1cccc(C(CC#N)N[C@@H](C)[C@@H](Cc2ccc(Cl)cc2)c2cccc(C#N)c2)c1. The van der Waals surface area contributed by atoms with Gasteiger partial charge in [0.1, 0.15) is 0 Å². The van der Waals surface area contributed by atoms with Gasteiger partial charge in [0.25, 0.3) is 0 Å². The molecule has 3 nitrogen and oxygen atoms in total. The summed E-state index contributed by atoms with van der Waals surface area (Å²) in [6, 6.07) is 28.6. The van der Waals surface area contributed by atoms with Crippen LogP contribution in [0.1, 0.15) is 53.1 Å².